The van der Waals surface area contributed by atoms with Gasteiger partial charge in [0.2, 0.25) is 11.7 Å². The van der Waals surface area contributed by atoms with E-state index in [1.54, 1.807) is 24.5 Å². The summed E-state index contributed by atoms with van der Waals surface area (Å²) in [6, 6.07) is 9.31. The molecule has 10 nitrogen and oxygen atoms in total. The molecule has 0 bridgehead atoms. The molecule has 3 heterocycles. The Morgan fingerprint density at radius 1 is 1.17 bits per heavy atom. The Balaban J connectivity index is 1.52. The van der Waals surface area contributed by atoms with Crippen LogP contribution < -0.4 is 11.1 Å². The smallest absolute Gasteiger partial charge is 0.282 e. The van der Waals surface area contributed by atoms with Gasteiger partial charge in [0.1, 0.15) is 6.54 Å². The van der Waals surface area contributed by atoms with Crippen LogP contribution in [0.3, 0.4) is 0 Å². The zero-order valence-corrected chi connectivity index (χ0v) is 15.8. The van der Waals surface area contributed by atoms with E-state index in [1.807, 2.05) is 32.0 Å². The molecule has 0 fully saturated rings. The van der Waals surface area contributed by atoms with Gasteiger partial charge in [-0.25, -0.2) is 4.68 Å². The fourth-order valence-corrected chi connectivity index (χ4v) is 2.85. The first kappa shape index (κ1) is 18.3. The number of pyridine rings is 1. The van der Waals surface area contributed by atoms with E-state index in [1.165, 1.54) is 4.68 Å². The van der Waals surface area contributed by atoms with E-state index in [2.05, 4.69) is 30.8 Å². The second kappa shape index (κ2) is 7.50. The molecule has 0 unspecified atom stereocenters. The fourth-order valence-electron chi connectivity index (χ4n) is 2.85. The minimum atomic E-state index is -0.270. The van der Waals surface area contributed by atoms with Gasteiger partial charge in [-0.1, -0.05) is 28.6 Å². The Morgan fingerprint density at radius 2 is 1.90 bits per heavy atom. The van der Waals surface area contributed by atoms with Crippen molar-refractivity contribution in [3.05, 3.63) is 53.9 Å². The van der Waals surface area contributed by atoms with Crippen LogP contribution in [0.4, 0.5) is 11.5 Å². The van der Waals surface area contributed by atoms with Crippen LogP contribution >= 0.6 is 0 Å². The lowest BCUT2D eigenvalue weighted by molar-refractivity contribution is -0.116. The summed E-state index contributed by atoms with van der Waals surface area (Å²) in [5.41, 5.74) is 9.79. The number of nitrogen functional groups attached to an aromatic ring is 1. The zero-order chi connectivity index (χ0) is 20.4. The number of aryl methyl sites for hydroxylation is 2. The number of nitrogens with two attached hydrogens (primary N) is 1. The Kier molecular flexibility index (Phi) is 4.73. The molecule has 0 atom stereocenters. The molecule has 1 aromatic carbocycles. The first-order valence-electron chi connectivity index (χ1n) is 8.82. The molecule has 0 radical (unpaired) electrons. The van der Waals surface area contributed by atoms with Crippen molar-refractivity contribution in [2.24, 2.45) is 0 Å². The highest BCUT2D eigenvalue weighted by molar-refractivity contribution is 5.92. The van der Waals surface area contributed by atoms with Crippen LogP contribution in [-0.2, 0) is 11.3 Å². The van der Waals surface area contributed by atoms with Gasteiger partial charge < -0.3 is 15.6 Å². The molecule has 146 valence electrons. The van der Waals surface area contributed by atoms with Crippen molar-refractivity contribution in [3.8, 4) is 23.0 Å². The predicted molar refractivity (Wildman–Crippen MR) is 106 cm³/mol. The van der Waals surface area contributed by atoms with Crippen LogP contribution in [0, 0.1) is 13.8 Å². The second-order valence-corrected chi connectivity index (χ2v) is 6.45. The quantitative estimate of drug-likeness (QED) is 0.529. The normalized spacial score (nSPS) is 10.8. The van der Waals surface area contributed by atoms with Crippen molar-refractivity contribution in [1.29, 1.82) is 0 Å². The highest BCUT2D eigenvalue weighted by Gasteiger charge is 2.20. The summed E-state index contributed by atoms with van der Waals surface area (Å²) >= 11 is 0. The number of nitrogens with zero attached hydrogens (tertiary/aromatic N) is 6. The summed E-state index contributed by atoms with van der Waals surface area (Å²) in [5, 5.41) is 14.7. The first-order chi connectivity index (χ1) is 14.0. The molecule has 3 aromatic heterocycles. The monoisotopic (exact) mass is 390 g/mol. The number of nitrogens with one attached hydrogen (secondary N) is 1. The van der Waals surface area contributed by atoms with Crippen molar-refractivity contribution >= 4 is 17.4 Å². The highest BCUT2D eigenvalue weighted by Crippen LogP contribution is 2.24. The maximum absolute atomic E-state index is 12.5. The van der Waals surface area contributed by atoms with E-state index < -0.39 is 0 Å². The number of anilines is 2. The molecule has 0 aliphatic rings. The third-order valence-electron chi connectivity index (χ3n) is 4.38. The van der Waals surface area contributed by atoms with Crippen molar-refractivity contribution < 1.29 is 9.32 Å². The Morgan fingerprint density at radius 3 is 2.62 bits per heavy atom. The number of aromatic nitrogens is 6. The standard InChI is InChI=1S/C19H18N8O2/c1-11-4-3-5-12(2)15(11)22-14(28)10-27-17(20)16(24-26-27)19-23-18(25-29-19)13-6-8-21-9-7-13/h3-9H,10,20H2,1-2H3,(H,22,28). The third-order valence-corrected chi connectivity index (χ3v) is 4.38. The molecule has 4 rings (SSSR count). The van der Waals surface area contributed by atoms with Gasteiger partial charge >= 0.3 is 0 Å². The van der Waals surface area contributed by atoms with E-state index in [9.17, 15) is 4.79 Å². The maximum Gasteiger partial charge on any atom is 0.282 e. The van der Waals surface area contributed by atoms with Gasteiger partial charge in [0, 0.05) is 23.6 Å². The largest absolute Gasteiger partial charge is 0.382 e. The van der Waals surface area contributed by atoms with Crippen molar-refractivity contribution in [2.75, 3.05) is 11.1 Å². The van der Waals surface area contributed by atoms with Gasteiger partial charge in [0.25, 0.3) is 5.89 Å². The highest BCUT2D eigenvalue weighted by atomic mass is 16.5. The molecule has 1 amide bonds. The number of carbonyl (C=O) groups is 1. The molecule has 29 heavy (non-hydrogen) atoms. The lowest BCUT2D eigenvalue weighted by Crippen LogP contribution is -2.21. The molecule has 0 aliphatic carbocycles. The van der Waals surface area contributed by atoms with Gasteiger partial charge in [-0.2, -0.15) is 4.98 Å². The lowest BCUT2D eigenvalue weighted by atomic mass is 10.1. The van der Waals surface area contributed by atoms with Gasteiger partial charge in [-0.3, -0.25) is 9.78 Å². The molecular formula is C19H18N8O2. The van der Waals surface area contributed by atoms with Crippen molar-refractivity contribution in [2.45, 2.75) is 20.4 Å². The van der Waals surface area contributed by atoms with Crippen LogP contribution in [0.25, 0.3) is 23.0 Å². The number of amides is 1. The lowest BCUT2D eigenvalue weighted by Gasteiger charge is -2.11. The van der Waals surface area contributed by atoms with Gasteiger partial charge in [-0.05, 0) is 37.1 Å². The summed E-state index contributed by atoms with van der Waals surface area (Å²) in [6.07, 6.45) is 3.26. The number of hydrogen-bond acceptors (Lipinski definition) is 8. The summed E-state index contributed by atoms with van der Waals surface area (Å²) in [7, 11) is 0. The SMILES string of the molecule is Cc1cccc(C)c1NC(=O)Cn1nnc(-c2nc(-c3ccncc3)no2)c1N. The van der Waals surface area contributed by atoms with Crippen LogP contribution in [0.5, 0.6) is 0 Å². The molecule has 0 aliphatic heterocycles. The molecule has 0 spiro atoms. The molecule has 0 saturated heterocycles. The number of rotatable bonds is 5. The van der Waals surface area contributed by atoms with Gasteiger partial charge in [0.05, 0.1) is 0 Å². The minimum absolute atomic E-state index is 0.0992. The number of benzene rings is 1. The Hall–Kier alpha value is -4.08. The van der Waals surface area contributed by atoms with Gasteiger partial charge in [-0.15, -0.1) is 5.10 Å². The van der Waals surface area contributed by atoms with E-state index in [0.29, 0.717) is 5.82 Å². The van der Waals surface area contributed by atoms with Crippen molar-refractivity contribution in [1.82, 2.24) is 30.1 Å². The van der Waals surface area contributed by atoms with E-state index in [0.717, 1.165) is 22.4 Å². The topological polar surface area (TPSA) is 138 Å². The van der Waals surface area contributed by atoms with E-state index >= 15 is 0 Å². The third kappa shape index (κ3) is 3.68. The van der Waals surface area contributed by atoms with Crippen LogP contribution in [-0.4, -0.2) is 36.0 Å². The molecular weight excluding hydrogens is 372 g/mol. The van der Waals surface area contributed by atoms with Crippen LogP contribution in [0.1, 0.15) is 11.1 Å². The molecule has 3 N–H and O–H groups in total. The number of carbonyl (C=O) groups excluding carboxylic acids is 1. The molecule has 0 saturated carbocycles. The van der Waals surface area contributed by atoms with Gasteiger partial charge in [0.15, 0.2) is 11.5 Å². The minimum Gasteiger partial charge on any atom is -0.382 e. The number of para-hydroxylation sites is 1. The Labute approximate surface area is 165 Å². The van der Waals surface area contributed by atoms with Crippen LogP contribution in [0.15, 0.2) is 47.2 Å². The van der Waals surface area contributed by atoms with E-state index in [-0.39, 0.29) is 29.9 Å². The Bertz CT molecular complexity index is 1150. The average molecular weight is 390 g/mol. The average Bonchev–Trinajstić information content (AvgIpc) is 3.33. The molecule has 4 aromatic rings. The van der Waals surface area contributed by atoms with E-state index in [4.69, 9.17) is 10.3 Å². The predicted octanol–water partition coefficient (Wildman–Crippen LogP) is 2.23. The zero-order valence-electron chi connectivity index (χ0n) is 15.8. The maximum atomic E-state index is 12.5. The fraction of sp³-hybridized carbons (Fsp3) is 0.158. The summed E-state index contributed by atoms with van der Waals surface area (Å²) in [4.78, 5) is 20.7. The summed E-state index contributed by atoms with van der Waals surface area (Å²) in [6.45, 7) is 3.76. The summed E-state index contributed by atoms with van der Waals surface area (Å²) < 4.78 is 6.54. The van der Waals surface area contributed by atoms with Crippen LogP contribution in [0.2, 0.25) is 0 Å². The number of hydrogen-bond donors (Lipinski definition) is 2. The molecule has 10 heteroatoms. The first-order valence-corrected chi connectivity index (χ1v) is 8.82. The summed E-state index contributed by atoms with van der Waals surface area (Å²) in [5.74, 6) is 0.389. The van der Waals surface area contributed by atoms with Crippen molar-refractivity contribution in [3.63, 3.8) is 0 Å². The second-order valence-electron chi connectivity index (χ2n) is 6.45.